The highest BCUT2D eigenvalue weighted by Crippen LogP contribution is 2.15. The molecule has 1 fully saturated rings. The van der Waals surface area contributed by atoms with Crippen molar-refractivity contribution in [3.8, 4) is 0 Å². The summed E-state index contributed by atoms with van der Waals surface area (Å²) < 4.78 is 5.21. The number of carbonyl (C=O) groups is 2. The lowest BCUT2D eigenvalue weighted by molar-refractivity contribution is -0.384. The first-order valence-electron chi connectivity index (χ1n) is 6.85. The minimum absolute atomic E-state index is 0.0474. The summed E-state index contributed by atoms with van der Waals surface area (Å²) in [6.07, 6.45) is 0.804. The molecule has 0 saturated carbocycles. The van der Waals surface area contributed by atoms with E-state index in [2.05, 4.69) is 5.32 Å². The van der Waals surface area contributed by atoms with Gasteiger partial charge >= 0.3 is 5.97 Å². The number of hydrogen-bond donors (Lipinski definition) is 2. The number of nitro benzene ring substituents is 1. The van der Waals surface area contributed by atoms with E-state index in [-0.39, 0.29) is 12.1 Å². The molecule has 0 aromatic heterocycles. The summed E-state index contributed by atoms with van der Waals surface area (Å²) in [6, 6.07) is 4.46. The number of carboxylic acids is 1. The minimum Gasteiger partial charge on any atom is -0.480 e. The number of benzene rings is 1. The maximum absolute atomic E-state index is 11.9. The Hall–Kier alpha value is -2.48. The first-order chi connectivity index (χ1) is 10.5. The van der Waals surface area contributed by atoms with Crippen LogP contribution < -0.4 is 5.32 Å². The Kier molecular flexibility index (Phi) is 5.05. The van der Waals surface area contributed by atoms with Crippen LogP contribution >= 0.6 is 0 Å². The van der Waals surface area contributed by atoms with Crippen molar-refractivity contribution in [1.29, 1.82) is 0 Å². The van der Waals surface area contributed by atoms with Gasteiger partial charge in [0.05, 0.1) is 4.92 Å². The number of non-ortho nitro benzene ring substituents is 1. The van der Waals surface area contributed by atoms with E-state index in [1.54, 1.807) is 0 Å². The molecule has 1 heterocycles. The predicted molar refractivity (Wildman–Crippen MR) is 75.3 cm³/mol. The van der Waals surface area contributed by atoms with Crippen LogP contribution in [0.25, 0.3) is 0 Å². The van der Waals surface area contributed by atoms with Gasteiger partial charge < -0.3 is 15.2 Å². The summed E-state index contributed by atoms with van der Waals surface area (Å²) in [5.41, 5.74) is 0.518. The molecule has 1 aromatic carbocycles. The second-order valence-electron chi connectivity index (χ2n) is 5.03. The minimum atomic E-state index is -1.16. The Bertz CT molecular complexity index is 565. The number of hydrogen-bond acceptors (Lipinski definition) is 5. The van der Waals surface area contributed by atoms with Crippen molar-refractivity contribution in [3.63, 3.8) is 0 Å². The Morgan fingerprint density at radius 3 is 2.59 bits per heavy atom. The SMILES string of the molecule is O=C(O)[C@H](Cc1ccc([N+](=O)[O-])cc1)NC(=O)[C@H]1CCCO1. The number of carbonyl (C=O) groups excluding carboxylic acids is 1. The third-order valence-electron chi connectivity index (χ3n) is 3.42. The van der Waals surface area contributed by atoms with Gasteiger partial charge in [0, 0.05) is 25.2 Å². The Balaban J connectivity index is 2.00. The van der Waals surface area contributed by atoms with Gasteiger partial charge in [0.1, 0.15) is 12.1 Å². The third-order valence-corrected chi connectivity index (χ3v) is 3.42. The Morgan fingerprint density at radius 1 is 1.41 bits per heavy atom. The van der Waals surface area contributed by atoms with E-state index < -0.39 is 28.9 Å². The van der Waals surface area contributed by atoms with E-state index in [1.807, 2.05) is 0 Å². The number of carboxylic acid groups (broad SMARTS) is 1. The van der Waals surface area contributed by atoms with Crippen LogP contribution in [-0.2, 0) is 20.7 Å². The summed E-state index contributed by atoms with van der Waals surface area (Å²) in [5.74, 6) is -1.60. The molecule has 1 saturated heterocycles. The Labute approximate surface area is 126 Å². The van der Waals surface area contributed by atoms with Crippen molar-refractivity contribution in [2.24, 2.45) is 0 Å². The molecule has 1 amide bonds. The molecular weight excluding hydrogens is 292 g/mol. The van der Waals surface area contributed by atoms with Gasteiger partial charge in [0.25, 0.3) is 5.69 Å². The molecule has 0 spiro atoms. The van der Waals surface area contributed by atoms with Gasteiger partial charge in [-0.2, -0.15) is 0 Å². The quantitative estimate of drug-likeness (QED) is 0.595. The zero-order chi connectivity index (χ0) is 16.1. The fraction of sp³-hybridized carbons (Fsp3) is 0.429. The summed E-state index contributed by atoms with van der Waals surface area (Å²) in [5, 5.41) is 22.2. The topological polar surface area (TPSA) is 119 Å². The number of amides is 1. The number of aliphatic carboxylic acids is 1. The summed E-state index contributed by atoms with van der Waals surface area (Å²) in [4.78, 5) is 33.2. The number of rotatable bonds is 6. The highest BCUT2D eigenvalue weighted by Gasteiger charge is 2.28. The van der Waals surface area contributed by atoms with Gasteiger partial charge in [-0.3, -0.25) is 14.9 Å². The second kappa shape index (κ2) is 6.99. The molecule has 8 heteroatoms. The van der Waals surface area contributed by atoms with Gasteiger partial charge in [-0.15, -0.1) is 0 Å². The van der Waals surface area contributed by atoms with E-state index in [4.69, 9.17) is 4.74 Å². The van der Waals surface area contributed by atoms with Gasteiger partial charge in [-0.05, 0) is 18.4 Å². The van der Waals surface area contributed by atoms with Crippen molar-refractivity contribution in [2.45, 2.75) is 31.4 Å². The molecular formula is C14H16N2O6. The maximum Gasteiger partial charge on any atom is 0.326 e. The number of nitrogens with zero attached hydrogens (tertiary/aromatic N) is 1. The van der Waals surface area contributed by atoms with Gasteiger partial charge in [0.2, 0.25) is 5.91 Å². The normalized spacial score (nSPS) is 18.6. The monoisotopic (exact) mass is 308 g/mol. The van der Waals surface area contributed by atoms with E-state index in [1.165, 1.54) is 24.3 Å². The first-order valence-corrected chi connectivity index (χ1v) is 6.85. The van der Waals surface area contributed by atoms with Gasteiger partial charge in [-0.25, -0.2) is 4.79 Å². The van der Waals surface area contributed by atoms with Crippen LogP contribution in [-0.4, -0.2) is 40.7 Å². The lowest BCUT2D eigenvalue weighted by Crippen LogP contribution is -2.46. The van der Waals surface area contributed by atoms with Crippen LogP contribution in [0.2, 0.25) is 0 Å². The highest BCUT2D eigenvalue weighted by atomic mass is 16.6. The summed E-state index contributed by atoms with van der Waals surface area (Å²) in [6.45, 7) is 0.498. The van der Waals surface area contributed by atoms with Crippen molar-refractivity contribution < 1.29 is 24.4 Å². The van der Waals surface area contributed by atoms with Crippen molar-refractivity contribution in [2.75, 3.05) is 6.61 Å². The van der Waals surface area contributed by atoms with Crippen LogP contribution in [0.1, 0.15) is 18.4 Å². The fourth-order valence-corrected chi connectivity index (χ4v) is 2.24. The number of ether oxygens (including phenoxy) is 1. The van der Waals surface area contributed by atoms with Crippen LogP contribution in [0.5, 0.6) is 0 Å². The molecule has 2 rings (SSSR count). The summed E-state index contributed by atoms with van der Waals surface area (Å²) >= 11 is 0. The molecule has 2 N–H and O–H groups in total. The predicted octanol–water partition coefficient (Wildman–Crippen LogP) is 0.886. The van der Waals surface area contributed by atoms with Crippen molar-refractivity contribution in [3.05, 3.63) is 39.9 Å². The molecule has 8 nitrogen and oxygen atoms in total. The van der Waals surface area contributed by atoms with Crippen LogP contribution in [0, 0.1) is 10.1 Å². The lowest BCUT2D eigenvalue weighted by Gasteiger charge is -2.17. The molecule has 1 aliphatic rings. The van der Waals surface area contributed by atoms with E-state index in [9.17, 15) is 24.8 Å². The number of nitrogens with one attached hydrogen (secondary N) is 1. The number of nitro groups is 1. The molecule has 1 aromatic rings. The molecule has 0 aliphatic carbocycles. The zero-order valence-electron chi connectivity index (χ0n) is 11.7. The smallest absolute Gasteiger partial charge is 0.326 e. The highest BCUT2D eigenvalue weighted by molar-refractivity contribution is 5.86. The molecule has 2 atom stereocenters. The second-order valence-corrected chi connectivity index (χ2v) is 5.03. The standard InChI is InChI=1S/C14H16N2O6/c17-13(12-2-1-7-22-12)15-11(14(18)19)8-9-3-5-10(6-4-9)16(20)21/h3-6,11-12H,1-2,7-8H2,(H,15,17)(H,18,19)/t11-,12+/m0/s1. The average Bonchev–Trinajstić information content (AvgIpc) is 3.01. The zero-order valence-corrected chi connectivity index (χ0v) is 11.7. The lowest BCUT2D eigenvalue weighted by atomic mass is 10.1. The maximum atomic E-state index is 11.9. The van der Waals surface area contributed by atoms with E-state index in [0.717, 1.165) is 6.42 Å². The van der Waals surface area contributed by atoms with Crippen LogP contribution in [0.3, 0.4) is 0 Å². The average molecular weight is 308 g/mol. The first kappa shape index (κ1) is 15.9. The van der Waals surface area contributed by atoms with Crippen LogP contribution in [0.4, 0.5) is 5.69 Å². The van der Waals surface area contributed by atoms with Crippen LogP contribution in [0.15, 0.2) is 24.3 Å². The molecule has 118 valence electrons. The van der Waals surface area contributed by atoms with Gasteiger partial charge in [-0.1, -0.05) is 12.1 Å². The molecule has 22 heavy (non-hydrogen) atoms. The molecule has 0 bridgehead atoms. The molecule has 0 unspecified atom stereocenters. The fourth-order valence-electron chi connectivity index (χ4n) is 2.24. The van der Waals surface area contributed by atoms with E-state index >= 15 is 0 Å². The Morgan fingerprint density at radius 2 is 2.09 bits per heavy atom. The van der Waals surface area contributed by atoms with E-state index in [0.29, 0.717) is 18.6 Å². The molecule has 1 aliphatic heterocycles. The van der Waals surface area contributed by atoms with Crippen molar-refractivity contribution in [1.82, 2.24) is 5.32 Å². The molecule has 0 radical (unpaired) electrons. The summed E-state index contributed by atoms with van der Waals surface area (Å²) in [7, 11) is 0. The van der Waals surface area contributed by atoms with Gasteiger partial charge in [0.15, 0.2) is 0 Å². The van der Waals surface area contributed by atoms with Crippen molar-refractivity contribution >= 4 is 17.6 Å². The largest absolute Gasteiger partial charge is 0.480 e. The third kappa shape index (κ3) is 4.01.